The summed E-state index contributed by atoms with van der Waals surface area (Å²) in [4.78, 5) is 23.1. The highest BCUT2D eigenvalue weighted by Gasteiger charge is 2.25. The number of nitrogens with two attached hydrogens (primary N) is 1. The first-order valence-electron chi connectivity index (χ1n) is 6.52. The Hall–Kier alpha value is -2.28. The highest BCUT2D eigenvalue weighted by atomic mass is 16.4. The maximum absolute atomic E-state index is 11.9. The number of carbonyl (C=O) groups excluding carboxylic acids is 1. The van der Waals surface area contributed by atoms with Crippen molar-refractivity contribution in [1.29, 1.82) is 0 Å². The van der Waals surface area contributed by atoms with Crippen LogP contribution < -0.4 is 11.1 Å². The second-order valence-electron chi connectivity index (χ2n) is 5.07. The average Bonchev–Trinajstić information content (AvgIpc) is 2.40. The van der Waals surface area contributed by atoms with E-state index in [4.69, 9.17) is 10.8 Å². The minimum Gasteiger partial charge on any atom is -0.504 e. The average molecular weight is 296 g/mol. The predicted octanol–water partition coefficient (Wildman–Crippen LogP) is 0.193. The molecule has 1 rings (SSSR count). The number of rotatable bonds is 6. The van der Waals surface area contributed by atoms with Gasteiger partial charge in [-0.05, 0) is 24.6 Å². The molecule has 3 unspecified atom stereocenters. The lowest BCUT2D eigenvalue weighted by atomic mass is 10.0. The SMILES string of the molecule is CC(N)C(C)C(=O)NC(Cc1ccc(O)c(O)c1)C(=O)O. The van der Waals surface area contributed by atoms with E-state index in [-0.39, 0.29) is 17.9 Å². The van der Waals surface area contributed by atoms with Crippen molar-refractivity contribution in [2.75, 3.05) is 0 Å². The van der Waals surface area contributed by atoms with E-state index in [1.54, 1.807) is 13.8 Å². The molecule has 0 heterocycles. The Kier molecular flexibility index (Phi) is 5.54. The number of carbonyl (C=O) groups is 2. The number of carboxylic acids is 1. The third-order valence-electron chi connectivity index (χ3n) is 3.30. The fourth-order valence-electron chi connectivity index (χ4n) is 1.67. The smallest absolute Gasteiger partial charge is 0.326 e. The van der Waals surface area contributed by atoms with Gasteiger partial charge in [0.05, 0.1) is 0 Å². The topological polar surface area (TPSA) is 133 Å². The van der Waals surface area contributed by atoms with E-state index in [1.165, 1.54) is 18.2 Å². The fourth-order valence-corrected chi connectivity index (χ4v) is 1.67. The lowest BCUT2D eigenvalue weighted by Crippen LogP contribution is -2.47. The molecule has 1 amide bonds. The van der Waals surface area contributed by atoms with Crippen LogP contribution in [0.4, 0.5) is 0 Å². The van der Waals surface area contributed by atoms with Crippen LogP contribution >= 0.6 is 0 Å². The predicted molar refractivity (Wildman–Crippen MR) is 75.9 cm³/mol. The van der Waals surface area contributed by atoms with Gasteiger partial charge in [-0.1, -0.05) is 13.0 Å². The molecule has 0 aliphatic rings. The molecule has 0 bridgehead atoms. The van der Waals surface area contributed by atoms with Gasteiger partial charge in [0.15, 0.2) is 11.5 Å². The Morgan fingerprint density at radius 2 is 1.86 bits per heavy atom. The lowest BCUT2D eigenvalue weighted by molar-refractivity contribution is -0.142. The molecule has 0 spiro atoms. The van der Waals surface area contributed by atoms with E-state index in [1.807, 2.05) is 0 Å². The van der Waals surface area contributed by atoms with Crippen LogP contribution in [0, 0.1) is 5.92 Å². The second kappa shape index (κ2) is 6.94. The zero-order chi connectivity index (χ0) is 16.2. The Morgan fingerprint density at radius 1 is 1.24 bits per heavy atom. The van der Waals surface area contributed by atoms with Gasteiger partial charge in [-0.2, -0.15) is 0 Å². The van der Waals surface area contributed by atoms with Crippen molar-refractivity contribution in [3.63, 3.8) is 0 Å². The molecular formula is C14H20N2O5. The summed E-state index contributed by atoms with van der Waals surface area (Å²) in [6, 6.07) is 2.47. The zero-order valence-electron chi connectivity index (χ0n) is 11.9. The van der Waals surface area contributed by atoms with Gasteiger partial charge in [-0.15, -0.1) is 0 Å². The number of nitrogens with one attached hydrogen (secondary N) is 1. The van der Waals surface area contributed by atoms with E-state index in [0.29, 0.717) is 5.56 Å². The Labute approximate surface area is 122 Å². The third kappa shape index (κ3) is 4.64. The molecule has 0 saturated carbocycles. The molecule has 21 heavy (non-hydrogen) atoms. The molecule has 0 saturated heterocycles. The summed E-state index contributed by atoms with van der Waals surface area (Å²) < 4.78 is 0. The number of benzene rings is 1. The standard InChI is InChI=1S/C14H20N2O5/c1-7(8(2)15)13(19)16-10(14(20)21)5-9-3-4-11(17)12(18)6-9/h3-4,6-8,10,17-18H,5,15H2,1-2H3,(H,16,19)(H,20,21). The van der Waals surface area contributed by atoms with Crippen molar-refractivity contribution in [3.8, 4) is 11.5 Å². The molecule has 116 valence electrons. The number of aromatic hydroxyl groups is 2. The number of carboxylic acid groups (broad SMARTS) is 1. The second-order valence-corrected chi connectivity index (χ2v) is 5.07. The molecule has 0 aliphatic carbocycles. The van der Waals surface area contributed by atoms with E-state index in [2.05, 4.69) is 5.32 Å². The van der Waals surface area contributed by atoms with Crippen LogP contribution in [-0.4, -0.2) is 39.3 Å². The highest BCUT2D eigenvalue weighted by molar-refractivity contribution is 5.85. The van der Waals surface area contributed by atoms with E-state index >= 15 is 0 Å². The minimum absolute atomic E-state index is 0.0133. The first-order valence-corrected chi connectivity index (χ1v) is 6.52. The maximum Gasteiger partial charge on any atom is 0.326 e. The molecule has 0 fully saturated rings. The van der Waals surface area contributed by atoms with Crippen LogP contribution in [0.3, 0.4) is 0 Å². The van der Waals surface area contributed by atoms with Crippen molar-refractivity contribution in [1.82, 2.24) is 5.32 Å². The number of hydrogen-bond acceptors (Lipinski definition) is 5. The lowest BCUT2D eigenvalue weighted by Gasteiger charge is -2.20. The quantitative estimate of drug-likeness (QED) is 0.476. The number of aliphatic carboxylic acids is 1. The van der Waals surface area contributed by atoms with Crippen molar-refractivity contribution >= 4 is 11.9 Å². The van der Waals surface area contributed by atoms with E-state index in [9.17, 15) is 19.8 Å². The normalized spacial score (nSPS) is 15.0. The van der Waals surface area contributed by atoms with Gasteiger partial charge in [-0.3, -0.25) is 4.79 Å². The van der Waals surface area contributed by atoms with Gasteiger partial charge >= 0.3 is 5.97 Å². The first-order chi connectivity index (χ1) is 9.72. The highest BCUT2D eigenvalue weighted by Crippen LogP contribution is 2.25. The molecule has 7 nitrogen and oxygen atoms in total. The monoisotopic (exact) mass is 296 g/mol. The van der Waals surface area contributed by atoms with Crippen LogP contribution in [0.5, 0.6) is 11.5 Å². The number of phenols is 2. The van der Waals surface area contributed by atoms with Gasteiger partial charge in [0.25, 0.3) is 0 Å². The van der Waals surface area contributed by atoms with Crippen molar-refractivity contribution in [3.05, 3.63) is 23.8 Å². The largest absolute Gasteiger partial charge is 0.504 e. The minimum atomic E-state index is -1.19. The summed E-state index contributed by atoms with van der Waals surface area (Å²) in [6.45, 7) is 3.28. The Morgan fingerprint density at radius 3 is 2.33 bits per heavy atom. The zero-order valence-corrected chi connectivity index (χ0v) is 11.9. The molecule has 0 aliphatic heterocycles. The summed E-state index contributed by atoms with van der Waals surface area (Å²) in [6.07, 6.45) is -0.0133. The van der Waals surface area contributed by atoms with Crippen LogP contribution in [0.15, 0.2) is 18.2 Å². The van der Waals surface area contributed by atoms with Gasteiger partial charge in [0.1, 0.15) is 6.04 Å². The Balaban J connectivity index is 2.81. The molecule has 7 heteroatoms. The molecule has 6 N–H and O–H groups in total. The van der Waals surface area contributed by atoms with E-state index < -0.39 is 29.9 Å². The fraction of sp³-hybridized carbons (Fsp3) is 0.429. The van der Waals surface area contributed by atoms with E-state index in [0.717, 1.165) is 0 Å². The molecule has 1 aromatic rings. The third-order valence-corrected chi connectivity index (χ3v) is 3.30. The van der Waals surface area contributed by atoms with Crippen LogP contribution in [-0.2, 0) is 16.0 Å². The number of phenolic OH excluding ortho intramolecular Hbond substituents is 2. The summed E-state index contributed by atoms with van der Waals surface area (Å²) in [7, 11) is 0. The van der Waals surface area contributed by atoms with Crippen molar-refractivity contribution in [2.45, 2.75) is 32.4 Å². The molecule has 0 aromatic heterocycles. The summed E-state index contributed by atoms with van der Waals surface area (Å²) >= 11 is 0. The Bertz CT molecular complexity index is 530. The summed E-state index contributed by atoms with van der Waals surface area (Å²) in [5.74, 6) is -2.78. The van der Waals surface area contributed by atoms with Crippen molar-refractivity contribution < 1.29 is 24.9 Å². The van der Waals surface area contributed by atoms with Crippen LogP contribution in [0.2, 0.25) is 0 Å². The number of hydrogen-bond donors (Lipinski definition) is 5. The first kappa shape index (κ1) is 16.8. The van der Waals surface area contributed by atoms with Gasteiger partial charge in [0, 0.05) is 18.4 Å². The van der Waals surface area contributed by atoms with Gasteiger partial charge < -0.3 is 26.4 Å². The molecule has 0 radical (unpaired) electrons. The van der Waals surface area contributed by atoms with Gasteiger partial charge in [-0.25, -0.2) is 4.79 Å². The molecule has 1 aromatic carbocycles. The van der Waals surface area contributed by atoms with Gasteiger partial charge in [0.2, 0.25) is 5.91 Å². The summed E-state index contributed by atoms with van der Waals surface area (Å²) in [5.41, 5.74) is 6.09. The van der Waals surface area contributed by atoms with Crippen LogP contribution in [0.1, 0.15) is 19.4 Å². The summed E-state index contributed by atoms with van der Waals surface area (Å²) in [5, 5.41) is 30.2. The van der Waals surface area contributed by atoms with Crippen LogP contribution in [0.25, 0.3) is 0 Å². The molecular weight excluding hydrogens is 276 g/mol. The number of amides is 1. The van der Waals surface area contributed by atoms with Crippen molar-refractivity contribution in [2.24, 2.45) is 11.7 Å². The molecule has 3 atom stereocenters. The maximum atomic E-state index is 11.9.